The largest absolute Gasteiger partial charge is 0.466 e. The van der Waals surface area contributed by atoms with Crippen molar-refractivity contribution < 1.29 is 19.1 Å². The summed E-state index contributed by atoms with van der Waals surface area (Å²) >= 11 is 0. The summed E-state index contributed by atoms with van der Waals surface area (Å²) in [6.07, 6.45) is 6.98. The van der Waals surface area contributed by atoms with Crippen LogP contribution in [-0.4, -0.2) is 25.2 Å². The third-order valence-electron chi connectivity index (χ3n) is 4.12. The van der Waals surface area contributed by atoms with E-state index in [2.05, 4.69) is 6.92 Å². The molecule has 0 spiro atoms. The third kappa shape index (κ3) is 8.40. The standard InChI is InChI=1S/C18H34O4/c1-6-9-10-11-12-13-18(4,5)15(17(20)22-8-3)14-16(19)21-7-2/h15H,6-14H2,1-5H3. The monoisotopic (exact) mass is 314 g/mol. The molecular weight excluding hydrogens is 280 g/mol. The molecule has 0 radical (unpaired) electrons. The van der Waals surface area contributed by atoms with Crippen LogP contribution >= 0.6 is 0 Å². The van der Waals surface area contributed by atoms with Crippen LogP contribution in [0.5, 0.6) is 0 Å². The fourth-order valence-electron chi connectivity index (χ4n) is 2.67. The van der Waals surface area contributed by atoms with Crippen molar-refractivity contribution >= 4 is 11.9 Å². The minimum absolute atomic E-state index is 0.106. The van der Waals surface area contributed by atoms with Crippen molar-refractivity contribution in [3.63, 3.8) is 0 Å². The summed E-state index contributed by atoms with van der Waals surface area (Å²) in [6, 6.07) is 0. The van der Waals surface area contributed by atoms with Gasteiger partial charge in [-0.3, -0.25) is 9.59 Å². The Bertz CT molecular complexity index is 323. The quantitative estimate of drug-likeness (QED) is 0.393. The molecular formula is C18H34O4. The molecule has 130 valence electrons. The van der Waals surface area contributed by atoms with Gasteiger partial charge in [0.1, 0.15) is 0 Å². The van der Waals surface area contributed by atoms with Crippen LogP contribution in [-0.2, 0) is 19.1 Å². The number of carbonyl (C=O) groups is 2. The van der Waals surface area contributed by atoms with Crippen LogP contribution in [0, 0.1) is 11.3 Å². The first-order valence-corrected chi connectivity index (χ1v) is 8.71. The van der Waals surface area contributed by atoms with E-state index in [1.807, 2.05) is 13.8 Å². The summed E-state index contributed by atoms with van der Waals surface area (Å²) < 4.78 is 10.2. The molecule has 0 N–H and O–H groups in total. The number of esters is 2. The van der Waals surface area contributed by atoms with E-state index in [0.717, 1.165) is 12.8 Å². The predicted molar refractivity (Wildman–Crippen MR) is 88.5 cm³/mol. The zero-order valence-electron chi connectivity index (χ0n) is 15.1. The Morgan fingerprint density at radius 1 is 0.909 bits per heavy atom. The number of ether oxygens (including phenoxy) is 2. The number of hydrogen-bond donors (Lipinski definition) is 0. The highest BCUT2D eigenvalue weighted by Gasteiger charge is 2.37. The van der Waals surface area contributed by atoms with E-state index in [9.17, 15) is 9.59 Å². The van der Waals surface area contributed by atoms with Crippen LogP contribution < -0.4 is 0 Å². The molecule has 0 aromatic carbocycles. The first-order chi connectivity index (χ1) is 10.4. The molecule has 4 heteroatoms. The molecule has 1 atom stereocenters. The van der Waals surface area contributed by atoms with E-state index in [1.54, 1.807) is 13.8 Å². The van der Waals surface area contributed by atoms with Gasteiger partial charge >= 0.3 is 11.9 Å². The first kappa shape index (κ1) is 20.9. The van der Waals surface area contributed by atoms with Gasteiger partial charge in [-0.25, -0.2) is 0 Å². The molecule has 0 aliphatic rings. The van der Waals surface area contributed by atoms with E-state index in [-0.39, 0.29) is 23.8 Å². The topological polar surface area (TPSA) is 52.6 Å². The second-order valence-electron chi connectivity index (χ2n) is 6.47. The zero-order chi connectivity index (χ0) is 17.0. The van der Waals surface area contributed by atoms with E-state index >= 15 is 0 Å². The number of carbonyl (C=O) groups excluding carboxylic acids is 2. The number of rotatable bonds is 12. The Morgan fingerprint density at radius 3 is 2.05 bits per heavy atom. The summed E-state index contributed by atoms with van der Waals surface area (Å²) in [7, 11) is 0. The van der Waals surface area contributed by atoms with Crippen LogP contribution in [0.4, 0.5) is 0 Å². The van der Waals surface area contributed by atoms with Crippen molar-refractivity contribution in [1.29, 1.82) is 0 Å². The summed E-state index contributed by atoms with van der Waals surface area (Å²) in [5.74, 6) is -1.04. The summed E-state index contributed by atoms with van der Waals surface area (Å²) in [5, 5.41) is 0. The Morgan fingerprint density at radius 2 is 1.50 bits per heavy atom. The maximum Gasteiger partial charge on any atom is 0.310 e. The summed E-state index contributed by atoms with van der Waals surface area (Å²) in [4.78, 5) is 24.0. The average molecular weight is 314 g/mol. The van der Waals surface area contributed by atoms with Crippen molar-refractivity contribution in [1.82, 2.24) is 0 Å². The maximum absolute atomic E-state index is 12.2. The van der Waals surface area contributed by atoms with E-state index in [0.29, 0.717) is 13.2 Å². The molecule has 0 saturated carbocycles. The van der Waals surface area contributed by atoms with Gasteiger partial charge in [0.25, 0.3) is 0 Å². The number of unbranched alkanes of at least 4 members (excludes halogenated alkanes) is 4. The summed E-state index contributed by atoms with van der Waals surface area (Å²) in [5.41, 5.74) is -0.259. The highest BCUT2D eigenvalue weighted by molar-refractivity contribution is 5.80. The normalized spacial score (nSPS) is 12.8. The van der Waals surface area contributed by atoms with Gasteiger partial charge in [0.2, 0.25) is 0 Å². The molecule has 0 aromatic rings. The van der Waals surface area contributed by atoms with Crippen LogP contribution in [0.3, 0.4) is 0 Å². The van der Waals surface area contributed by atoms with Gasteiger partial charge in [-0.1, -0.05) is 52.9 Å². The molecule has 0 aliphatic heterocycles. The lowest BCUT2D eigenvalue weighted by atomic mass is 9.73. The first-order valence-electron chi connectivity index (χ1n) is 8.71. The van der Waals surface area contributed by atoms with E-state index in [1.165, 1.54) is 25.7 Å². The number of hydrogen-bond acceptors (Lipinski definition) is 4. The fraction of sp³-hybridized carbons (Fsp3) is 0.889. The highest BCUT2D eigenvalue weighted by Crippen LogP contribution is 2.36. The van der Waals surface area contributed by atoms with Gasteiger partial charge in [-0.05, 0) is 25.7 Å². The van der Waals surface area contributed by atoms with E-state index in [4.69, 9.17) is 9.47 Å². The second kappa shape index (κ2) is 11.5. The van der Waals surface area contributed by atoms with Crippen molar-refractivity contribution in [2.75, 3.05) is 13.2 Å². The molecule has 0 heterocycles. The van der Waals surface area contributed by atoms with Crippen molar-refractivity contribution in [2.24, 2.45) is 11.3 Å². The molecule has 0 fully saturated rings. The van der Waals surface area contributed by atoms with Crippen molar-refractivity contribution in [3.05, 3.63) is 0 Å². The van der Waals surface area contributed by atoms with Crippen molar-refractivity contribution in [3.8, 4) is 0 Å². The van der Waals surface area contributed by atoms with Crippen LogP contribution in [0.15, 0.2) is 0 Å². The molecule has 0 aliphatic carbocycles. The Balaban J connectivity index is 4.65. The van der Waals surface area contributed by atoms with Gasteiger partial charge in [-0.15, -0.1) is 0 Å². The molecule has 0 bridgehead atoms. The SMILES string of the molecule is CCCCCCCC(C)(C)C(CC(=O)OCC)C(=O)OCC. The highest BCUT2D eigenvalue weighted by atomic mass is 16.5. The van der Waals surface area contributed by atoms with Crippen LogP contribution in [0.25, 0.3) is 0 Å². The molecule has 0 rings (SSSR count). The average Bonchev–Trinajstić information content (AvgIpc) is 2.45. The zero-order valence-corrected chi connectivity index (χ0v) is 15.1. The van der Waals surface area contributed by atoms with Crippen LogP contribution in [0.2, 0.25) is 0 Å². The Labute approximate surface area is 135 Å². The van der Waals surface area contributed by atoms with Gasteiger partial charge in [0.15, 0.2) is 0 Å². The van der Waals surface area contributed by atoms with Gasteiger partial charge in [-0.2, -0.15) is 0 Å². The molecule has 0 saturated heterocycles. The third-order valence-corrected chi connectivity index (χ3v) is 4.12. The van der Waals surface area contributed by atoms with E-state index < -0.39 is 5.92 Å². The summed E-state index contributed by atoms with van der Waals surface area (Å²) in [6.45, 7) is 10.5. The lowest BCUT2D eigenvalue weighted by Crippen LogP contribution is -2.35. The smallest absolute Gasteiger partial charge is 0.310 e. The Hall–Kier alpha value is -1.06. The minimum Gasteiger partial charge on any atom is -0.466 e. The fourth-order valence-corrected chi connectivity index (χ4v) is 2.67. The lowest BCUT2D eigenvalue weighted by molar-refractivity contribution is -0.159. The van der Waals surface area contributed by atoms with Gasteiger partial charge in [0.05, 0.1) is 25.6 Å². The van der Waals surface area contributed by atoms with Gasteiger partial charge in [0, 0.05) is 0 Å². The Kier molecular flexibility index (Phi) is 10.9. The van der Waals surface area contributed by atoms with Gasteiger partial charge < -0.3 is 9.47 Å². The molecule has 4 nitrogen and oxygen atoms in total. The predicted octanol–water partition coefficient (Wildman–Crippen LogP) is 4.51. The lowest BCUT2D eigenvalue weighted by Gasteiger charge is -2.32. The second-order valence-corrected chi connectivity index (χ2v) is 6.47. The maximum atomic E-state index is 12.2. The van der Waals surface area contributed by atoms with Crippen LogP contribution in [0.1, 0.15) is 79.6 Å². The molecule has 0 aromatic heterocycles. The molecule has 22 heavy (non-hydrogen) atoms. The molecule has 1 unspecified atom stereocenters. The van der Waals surface area contributed by atoms with Crippen molar-refractivity contribution in [2.45, 2.75) is 79.6 Å². The molecule has 0 amide bonds. The minimum atomic E-state index is -0.433.